The Labute approximate surface area is 68.5 Å². The van der Waals surface area contributed by atoms with E-state index in [2.05, 4.69) is 6.58 Å². The van der Waals surface area contributed by atoms with E-state index in [-0.39, 0.29) is 5.78 Å². The lowest BCUT2D eigenvalue weighted by atomic mass is 9.86. The summed E-state index contributed by atoms with van der Waals surface area (Å²) in [6.07, 6.45) is 1.35. The third kappa shape index (κ3) is 2.15. The molecular formula is C9H17NO. The Balaban J connectivity index is 4.50. The molecule has 64 valence electrons. The first-order valence-corrected chi connectivity index (χ1v) is 3.97. The SMILES string of the molecule is C=C(C)C(=O)C(N)(CC)CC. The lowest BCUT2D eigenvalue weighted by Gasteiger charge is -2.24. The van der Waals surface area contributed by atoms with Crippen molar-refractivity contribution in [3.05, 3.63) is 12.2 Å². The van der Waals surface area contributed by atoms with Gasteiger partial charge < -0.3 is 5.73 Å². The van der Waals surface area contributed by atoms with Crippen LogP contribution in [0.25, 0.3) is 0 Å². The number of rotatable bonds is 4. The molecule has 0 unspecified atom stereocenters. The summed E-state index contributed by atoms with van der Waals surface area (Å²) in [6, 6.07) is 0. The Morgan fingerprint density at radius 1 is 1.45 bits per heavy atom. The van der Waals surface area contributed by atoms with Gasteiger partial charge in [-0.2, -0.15) is 0 Å². The largest absolute Gasteiger partial charge is 0.319 e. The first kappa shape index (κ1) is 10.4. The van der Waals surface area contributed by atoms with Gasteiger partial charge in [0.2, 0.25) is 0 Å². The second-order valence-electron chi connectivity index (χ2n) is 2.97. The van der Waals surface area contributed by atoms with Crippen LogP contribution in [0.5, 0.6) is 0 Å². The van der Waals surface area contributed by atoms with Crippen LogP contribution in [-0.2, 0) is 4.79 Å². The third-order valence-corrected chi connectivity index (χ3v) is 2.10. The lowest BCUT2D eigenvalue weighted by Crippen LogP contribution is -2.47. The minimum atomic E-state index is -0.675. The van der Waals surface area contributed by atoms with E-state index in [4.69, 9.17) is 5.73 Å². The van der Waals surface area contributed by atoms with Crippen molar-refractivity contribution in [2.24, 2.45) is 5.73 Å². The van der Waals surface area contributed by atoms with Crippen molar-refractivity contribution in [3.63, 3.8) is 0 Å². The van der Waals surface area contributed by atoms with Crippen molar-refractivity contribution >= 4 is 5.78 Å². The van der Waals surface area contributed by atoms with Crippen LogP contribution in [0.3, 0.4) is 0 Å². The van der Waals surface area contributed by atoms with Crippen LogP contribution in [0.4, 0.5) is 0 Å². The van der Waals surface area contributed by atoms with Crippen LogP contribution >= 0.6 is 0 Å². The average molecular weight is 155 g/mol. The van der Waals surface area contributed by atoms with Gasteiger partial charge in [-0.25, -0.2) is 0 Å². The molecule has 0 aliphatic carbocycles. The zero-order chi connectivity index (χ0) is 9.07. The van der Waals surface area contributed by atoms with Crippen LogP contribution in [0.2, 0.25) is 0 Å². The molecule has 0 radical (unpaired) electrons. The Morgan fingerprint density at radius 2 is 1.82 bits per heavy atom. The molecule has 0 spiro atoms. The van der Waals surface area contributed by atoms with Crippen LogP contribution in [0.1, 0.15) is 33.6 Å². The highest BCUT2D eigenvalue weighted by Crippen LogP contribution is 2.15. The molecule has 0 aromatic carbocycles. The van der Waals surface area contributed by atoms with Gasteiger partial charge in [-0.15, -0.1) is 0 Å². The zero-order valence-corrected chi connectivity index (χ0v) is 7.61. The maximum atomic E-state index is 11.4. The number of ketones is 1. The van der Waals surface area contributed by atoms with Crippen molar-refractivity contribution in [1.82, 2.24) is 0 Å². The fraction of sp³-hybridized carbons (Fsp3) is 0.667. The number of hydrogen-bond donors (Lipinski definition) is 1. The van der Waals surface area contributed by atoms with E-state index in [9.17, 15) is 4.79 Å². The van der Waals surface area contributed by atoms with E-state index in [0.717, 1.165) is 0 Å². The number of hydrogen-bond acceptors (Lipinski definition) is 2. The summed E-state index contributed by atoms with van der Waals surface area (Å²) in [6.45, 7) is 9.13. The van der Waals surface area contributed by atoms with Gasteiger partial charge in [0.05, 0.1) is 5.54 Å². The summed E-state index contributed by atoms with van der Waals surface area (Å²) in [7, 11) is 0. The molecule has 0 aliphatic heterocycles. The van der Waals surface area contributed by atoms with E-state index >= 15 is 0 Å². The molecule has 0 bridgehead atoms. The Hall–Kier alpha value is -0.630. The number of carbonyl (C=O) groups excluding carboxylic acids is 1. The molecule has 0 saturated heterocycles. The first-order chi connectivity index (χ1) is 4.98. The summed E-state index contributed by atoms with van der Waals surface area (Å²) < 4.78 is 0. The first-order valence-electron chi connectivity index (χ1n) is 3.97. The van der Waals surface area contributed by atoms with Crippen molar-refractivity contribution in [1.29, 1.82) is 0 Å². The van der Waals surface area contributed by atoms with Gasteiger partial charge in [0.1, 0.15) is 0 Å². The predicted molar refractivity (Wildman–Crippen MR) is 47.3 cm³/mol. The summed E-state index contributed by atoms with van der Waals surface area (Å²) in [5, 5.41) is 0. The topological polar surface area (TPSA) is 43.1 Å². The molecular weight excluding hydrogens is 138 g/mol. The molecule has 11 heavy (non-hydrogen) atoms. The normalized spacial score (nSPS) is 11.3. The minimum Gasteiger partial charge on any atom is -0.319 e. The van der Waals surface area contributed by atoms with Crippen LogP contribution in [0, 0.1) is 0 Å². The van der Waals surface area contributed by atoms with Crippen molar-refractivity contribution < 1.29 is 4.79 Å². The lowest BCUT2D eigenvalue weighted by molar-refractivity contribution is -0.120. The minimum absolute atomic E-state index is 0.0116. The quantitative estimate of drug-likeness (QED) is 0.627. The Bertz CT molecular complexity index is 168. The average Bonchev–Trinajstić information content (AvgIpc) is 2.01. The number of carbonyl (C=O) groups is 1. The van der Waals surface area contributed by atoms with Gasteiger partial charge in [-0.1, -0.05) is 20.4 Å². The summed E-state index contributed by atoms with van der Waals surface area (Å²) >= 11 is 0. The maximum absolute atomic E-state index is 11.4. The molecule has 0 aromatic heterocycles. The molecule has 0 aromatic rings. The highest BCUT2D eigenvalue weighted by atomic mass is 16.1. The fourth-order valence-corrected chi connectivity index (χ4v) is 0.996. The monoisotopic (exact) mass is 155 g/mol. The molecule has 2 nitrogen and oxygen atoms in total. The van der Waals surface area contributed by atoms with Crippen molar-refractivity contribution in [2.75, 3.05) is 0 Å². The van der Waals surface area contributed by atoms with E-state index in [1.165, 1.54) is 0 Å². The van der Waals surface area contributed by atoms with Crippen molar-refractivity contribution in [3.8, 4) is 0 Å². The number of nitrogens with two attached hydrogens (primary N) is 1. The van der Waals surface area contributed by atoms with E-state index < -0.39 is 5.54 Å². The van der Waals surface area contributed by atoms with Crippen LogP contribution in [-0.4, -0.2) is 11.3 Å². The zero-order valence-electron chi connectivity index (χ0n) is 7.61. The predicted octanol–water partition coefficient (Wildman–Crippen LogP) is 1.65. The molecule has 0 amide bonds. The van der Waals surface area contributed by atoms with Crippen molar-refractivity contribution in [2.45, 2.75) is 39.2 Å². The summed E-state index contributed by atoms with van der Waals surface area (Å²) in [5.74, 6) is -0.0116. The molecule has 0 heterocycles. The molecule has 0 saturated carbocycles. The number of Topliss-reactive ketones (excluding diaryl/α,β-unsaturated/α-hetero) is 1. The second-order valence-corrected chi connectivity index (χ2v) is 2.97. The fourth-order valence-electron chi connectivity index (χ4n) is 0.996. The molecule has 0 atom stereocenters. The van der Waals surface area contributed by atoms with Crippen LogP contribution < -0.4 is 5.73 Å². The van der Waals surface area contributed by atoms with Gasteiger partial charge in [0.25, 0.3) is 0 Å². The summed E-state index contributed by atoms with van der Waals surface area (Å²) in [4.78, 5) is 11.4. The van der Waals surface area contributed by atoms with E-state index in [1.807, 2.05) is 13.8 Å². The van der Waals surface area contributed by atoms with Gasteiger partial charge in [0.15, 0.2) is 5.78 Å². The highest BCUT2D eigenvalue weighted by molar-refractivity contribution is 6.01. The van der Waals surface area contributed by atoms with Gasteiger partial charge in [-0.3, -0.25) is 4.79 Å². The standard InChI is InChI=1S/C9H17NO/c1-5-9(10,6-2)8(11)7(3)4/h3,5-6,10H2,1-2,4H3. The Morgan fingerprint density at radius 3 is 1.91 bits per heavy atom. The van der Waals surface area contributed by atoms with Crippen LogP contribution in [0.15, 0.2) is 12.2 Å². The molecule has 0 fully saturated rings. The molecule has 2 heteroatoms. The molecule has 0 rings (SSSR count). The molecule has 0 aliphatic rings. The van der Waals surface area contributed by atoms with Gasteiger partial charge in [0, 0.05) is 0 Å². The molecule has 2 N–H and O–H groups in total. The smallest absolute Gasteiger partial charge is 0.177 e. The third-order valence-electron chi connectivity index (χ3n) is 2.10. The van der Waals surface area contributed by atoms with Gasteiger partial charge >= 0.3 is 0 Å². The van der Waals surface area contributed by atoms with E-state index in [0.29, 0.717) is 18.4 Å². The Kier molecular flexibility index (Phi) is 3.46. The maximum Gasteiger partial charge on any atom is 0.177 e. The summed E-state index contributed by atoms with van der Waals surface area (Å²) in [5.41, 5.74) is 5.71. The van der Waals surface area contributed by atoms with Gasteiger partial charge in [-0.05, 0) is 25.3 Å². The van der Waals surface area contributed by atoms with E-state index in [1.54, 1.807) is 6.92 Å². The highest BCUT2D eigenvalue weighted by Gasteiger charge is 2.29. The second kappa shape index (κ2) is 3.67.